The summed E-state index contributed by atoms with van der Waals surface area (Å²) in [4.78, 5) is 16.6. The number of hydrogen-bond donors (Lipinski definition) is 3. The lowest BCUT2D eigenvalue weighted by Crippen LogP contribution is -2.16. The van der Waals surface area contributed by atoms with E-state index in [0.717, 1.165) is 22.0 Å². The number of amides is 1. The fourth-order valence-electron chi connectivity index (χ4n) is 2.43. The number of fused-ring (bicyclic) bond motifs is 1. The Kier molecular flexibility index (Phi) is 6.56. The van der Waals surface area contributed by atoms with Crippen LogP contribution in [0, 0.1) is 0 Å². The summed E-state index contributed by atoms with van der Waals surface area (Å²) in [7, 11) is 0. The van der Waals surface area contributed by atoms with E-state index in [0.29, 0.717) is 25.9 Å². The first kappa shape index (κ1) is 21.4. The van der Waals surface area contributed by atoms with Gasteiger partial charge in [-0.1, -0.05) is 64.5 Å². The van der Waals surface area contributed by atoms with Crippen LogP contribution in [-0.4, -0.2) is 37.7 Å². The van der Waals surface area contributed by atoms with Crippen molar-refractivity contribution in [3.63, 3.8) is 0 Å². The van der Waals surface area contributed by atoms with E-state index >= 15 is 0 Å². The molecule has 2 aromatic carbocycles. The van der Waals surface area contributed by atoms with Crippen molar-refractivity contribution in [2.75, 3.05) is 22.3 Å². The molecule has 9 nitrogen and oxygen atoms in total. The lowest BCUT2D eigenvalue weighted by atomic mass is 10.2. The van der Waals surface area contributed by atoms with Crippen molar-refractivity contribution in [1.82, 2.24) is 19.9 Å². The third-order valence-corrected chi connectivity index (χ3v) is 6.33. The van der Waals surface area contributed by atoms with Crippen LogP contribution in [0.4, 0.5) is 11.1 Å². The van der Waals surface area contributed by atoms with E-state index in [4.69, 9.17) is 29.0 Å². The summed E-state index contributed by atoms with van der Waals surface area (Å²) in [6.07, 6.45) is 1.51. The van der Waals surface area contributed by atoms with Gasteiger partial charge in [-0.25, -0.2) is 15.1 Å². The lowest BCUT2D eigenvalue weighted by molar-refractivity contribution is -0.113. The molecule has 158 valence electrons. The molecule has 0 fully saturated rings. The standard InChI is InChI=1S/C18H14Cl2N8OS2/c19-11-6-5-10(12(20)7-11)8-22-25-16-26-27-18(28(16)21)30-9-15(29)24-17-23-13-3-1-2-4-14(13)31-17/h1-8H,9,21H2,(H,25,26)(H,23,24,29)/b22-8+. The average Bonchev–Trinajstić information content (AvgIpc) is 3.31. The van der Waals surface area contributed by atoms with E-state index in [1.54, 1.807) is 18.2 Å². The van der Waals surface area contributed by atoms with E-state index in [2.05, 4.69) is 31.0 Å². The highest BCUT2D eigenvalue weighted by molar-refractivity contribution is 7.99. The molecule has 0 radical (unpaired) electrons. The Morgan fingerprint density at radius 1 is 1.26 bits per heavy atom. The average molecular weight is 493 g/mol. The van der Waals surface area contributed by atoms with Crippen molar-refractivity contribution in [2.24, 2.45) is 5.10 Å². The van der Waals surface area contributed by atoms with Crippen LogP contribution in [-0.2, 0) is 4.79 Å². The highest BCUT2D eigenvalue weighted by Gasteiger charge is 2.13. The van der Waals surface area contributed by atoms with Crippen LogP contribution < -0.4 is 16.6 Å². The number of rotatable bonds is 7. The first-order chi connectivity index (χ1) is 15.0. The van der Waals surface area contributed by atoms with E-state index in [9.17, 15) is 4.79 Å². The van der Waals surface area contributed by atoms with E-state index in [1.807, 2.05) is 24.3 Å². The first-order valence-corrected chi connectivity index (χ1v) is 11.3. The molecule has 0 saturated carbocycles. The van der Waals surface area contributed by atoms with Gasteiger partial charge in [0.25, 0.3) is 5.95 Å². The third-order valence-electron chi connectivity index (χ3n) is 3.87. The number of nitrogens with one attached hydrogen (secondary N) is 2. The number of hydrazone groups is 1. The number of thiazole rings is 1. The minimum Gasteiger partial charge on any atom is -0.334 e. The van der Waals surface area contributed by atoms with Crippen LogP contribution in [0.2, 0.25) is 10.0 Å². The molecule has 1 amide bonds. The smallest absolute Gasteiger partial charge is 0.264 e. The Hall–Kier alpha value is -2.86. The molecule has 0 aliphatic carbocycles. The van der Waals surface area contributed by atoms with E-state index in [1.165, 1.54) is 22.2 Å². The van der Waals surface area contributed by atoms with Gasteiger partial charge in [-0.2, -0.15) is 5.10 Å². The number of hydrogen-bond acceptors (Lipinski definition) is 9. The summed E-state index contributed by atoms with van der Waals surface area (Å²) in [5.41, 5.74) is 4.20. The first-order valence-electron chi connectivity index (χ1n) is 8.72. The van der Waals surface area contributed by atoms with Crippen molar-refractivity contribution in [3.8, 4) is 0 Å². The SMILES string of the molecule is Nn1c(N/N=C/c2ccc(Cl)cc2Cl)nnc1SCC(=O)Nc1nc2ccccc2s1. The van der Waals surface area contributed by atoms with Gasteiger partial charge in [0.15, 0.2) is 5.13 Å². The predicted molar refractivity (Wildman–Crippen MR) is 127 cm³/mol. The molecule has 2 heterocycles. The number of nitrogen functional groups attached to an aromatic ring is 1. The molecule has 0 atom stereocenters. The maximum absolute atomic E-state index is 12.2. The van der Waals surface area contributed by atoms with Crippen LogP contribution in [0.1, 0.15) is 5.56 Å². The molecule has 0 spiro atoms. The van der Waals surface area contributed by atoms with Crippen molar-refractivity contribution in [3.05, 3.63) is 58.1 Å². The topological polar surface area (TPSA) is 123 Å². The molecule has 0 bridgehead atoms. The molecule has 4 rings (SSSR count). The third kappa shape index (κ3) is 5.25. The fourth-order valence-corrected chi connectivity index (χ4v) is 4.42. The zero-order valence-electron chi connectivity index (χ0n) is 15.6. The van der Waals surface area contributed by atoms with Gasteiger partial charge in [0.05, 0.1) is 27.2 Å². The molecular formula is C18H14Cl2N8OS2. The Labute approximate surface area is 194 Å². The molecule has 13 heteroatoms. The van der Waals surface area contributed by atoms with Crippen molar-refractivity contribution >= 4 is 79.7 Å². The summed E-state index contributed by atoms with van der Waals surface area (Å²) in [5.74, 6) is 6.04. The summed E-state index contributed by atoms with van der Waals surface area (Å²) in [6.45, 7) is 0. The second kappa shape index (κ2) is 9.52. The maximum Gasteiger partial charge on any atom is 0.264 e. The summed E-state index contributed by atoms with van der Waals surface area (Å²) in [5, 5.41) is 16.6. The molecule has 4 N–H and O–H groups in total. The Bertz CT molecular complexity index is 1240. The second-order valence-electron chi connectivity index (χ2n) is 6.04. The lowest BCUT2D eigenvalue weighted by Gasteiger charge is -2.03. The van der Waals surface area contributed by atoms with Gasteiger partial charge in [0.2, 0.25) is 11.1 Å². The number of halogens is 2. The summed E-state index contributed by atoms with van der Waals surface area (Å²) < 4.78 is 2.21. The van der Waals surface area contributed by atoms with Crippen LogP contribution in [0.3, 0.4) is 0 Å². The van der Waals surface area contributed by atoms with E-state index in [-0.39, 0.29) is 17.6 Å². The molecule has 0 saturated heterocycles. The zero-order valence-corrected chi connectivity index (χ0v) is 18.8. The number of nitrogens with two attached hydrogens (primary N) is 1. The Balaban J connectivity index is 1.32. The minimum atomic E-state index is -0.225. The number of anilines is 2. The molecule has 2 aromatic heterocycles. The van der Waals surface area contributed by atoms with Gasteiger partial charge in [-0.3, -0.25) is 4.79 Å². The highest BCUT2D eigenvalue weighted by Crippen LogP contribution is 2.26. The fraction of sp³-hybridized carbons (Fsp3) is 0.0556. The van der Waals surface area contributed by atoms with Crippen molar-refractivity contribution in [2.45, 2.75) is 5.16 Å². The number of carbonyl (C=O) groups is 1. The van der Waals surface area contributed by atoms with Crippen LogP contribution in [0.5, 0.6) is 0 Å². The van der Waals surface area contributed by atoms with Crippen molar-refractivity contribution < 1.29 is 4.79 Å². The minimum absolute atomic E-state index is 0.0922. The normalized spacial score (nSPS) is 11.3. The van der Waals surface area contributed by atoms with Gasteiger partial charge in [0.1, 0.15) is 0 Å². The van der Waals surface area contributed by atoms with E-state index < -0.39 is 0 Å². The number of nitrogens with zero attached hydrogens (tertiary/aromatic N) is 5. The summed E-state index contributed by atoms with van der Waals surface area (Å²) in [6, 6.07) is 12.7. The van der Waals surface area contributed by atoms with Gasteiger partial charge >= 0.3 is 0 Å². The summed E-state index contributed by atoms with van der Waals surface area (Å²) >= 11 is 14.5. The molecule has 4 aromatic rings. The highest BCUT2D eigenvalue weighted by atomic mass is 35.5. The van der Waals surface area contributed by atoms with Gasteiger partial charge < -0.3 is 11.2 Å². The Morgan fingerprint density at radius 3 is 2.90 bits per heavy atom. The van der Waals surface area contributed by atoms with Crippen LogP contribution in [0.15, 0.2) is 52.7 Å². The molecule has 0 unspecified atom stereocenters. The number of para-hydroxylation sites is 1. The zero-order chi connectivity index (χ0) is 21.8. The van der Waals surface area contributed by atoms with Gasteiger partial charge in [-0.15, -0.1) is 10.2 Å². The number of aromatic nitrogens is 4. The van der Waals surface area contributed by atoms with Crippen LogP contribution >= 0.6 is 46.3 Å². The molecular weight excluding hydrogens is 479 g/mol. The monoisotopic (exact) mass is 492 g/mol. The Morgan fingerprint density at radius 2 is 2.10 bits per heavy atom. The van der Waals surface area contributed by atoms with Gasteiger partial charge in [0, 0.05) is 10.6 Å². The van der Waals surface area contributed by atoms with Crippen LogP contribution in [0.25, 0.3) is 10.2 Å². The maximum atomic E-state index is 12.2. The molecule has 0 aliphatic rings. The number of thioether (sulfide) groups is 1. The van der Waals surface area contributed by atoms with Gasteiger partial charge in [-0.05, 0) is 24.3 Å². The second-order valence-corrected chi connectivity index (χ2v) is 8.85. The molecule has 0 aliphatic heterocycles. The quantitative estimate of drug-likeness (QED) is 0.153. The number of benzene rings is 2. The van der Waals surface area contributed by atoms with Crippen molar-refractivity contribution in [1.29, 1.82) is 0 Å². The molecule has 31 heavy (non-hydrogen) atoms. The largest absolute Gasteiger partial charge is 0.334 e. The number of carbonyl (C=O) groups excluding carboxylic acids is 1. The predicted octanol–water partition coefficient (Wildman–Crippen LogP) is 4.09.